The number of aromatic nitrogens is 1. The number of anilines is 1. The van der Waals surface area contributed by atoms with Gasteiger partial charge in [0.15, 0.2) is 11.6 Å². The second-order valence-corrected chi connectivity index (χ2v) is 9.36. The summed E-state index contributed by atoms with van der Waals surface area (Å²) < 4.78 is 5.39. The Hall–Kier alpha value is -3.90. The number of allylic oxidation sites excluding steroid dienone is 2. The van der Waals surface area contributed by atoms with E-state index < -0.39 is 29.1 Å². The molecule has 6 nitrogen and oxygen atoms in total. The van der Waals surface area contributed by atoms with Gasteiger partial charge in [0.2, 0.25) is 5.91 Å². The first-order valence-electron chi connectivity index (χ1n) is 11.7. The van der Waals surface area contributed by atoms with Crippen LogP contribution in [0.4, 0.5) is 5.82 Å². The smallest absolute Gasteiger partial charge is 0.242 e. The fourth-order valence-corrected chi connectivity index (χ4v) is 6.63. The third-order valence-electron chi connectivity index (χ3n) is 7.80. The van der Waals surface area contributed by atoms with Crippen molar-refractivity contribution in [3.63, 3.8) is 0 Å². The molecule has 174 valence electrons. The fourth-order valence-electron chi connectivity index (χ4n) is 6.63. The molecule has 1 spiro atoms. The van der Waals surface area contributed by atoms with E-state index >= 15 is 0 Å². The van der Waals surface area contributed by atoms with Crippen molar-refractivity contribution in [2.75, 3.05) is 18.7 Å². The van der Waals surface area contributed by atoms with Crippen LogP contribution in [0.5, 0.6) is 0 Å². The Balaban J connectivity index is 1.67. The van der Waals surface area contributed by atoms with Gasteiger partial charge in [-0.15, -0.1) is 0 Å². The minimum atomic E-state index is -1.29. The number of hydrogen-bond acceptors (Lipinski definition) is 5. The third kappa shape index (κ3) is 2.86. The average Bonchev–Trinajstić information content (AvgIpc) is 3.50. The van der Waals surface area contributed by atoms with Crippen LogP contribution in [0, 0.1) is 17.8 Å². The van der Waals surface area contributed by atoms with E-state index in [9.17, 15) is 14.4 Å². The maximum atomic E-state index is 14.6. The van der Waals surface area contributed by atoms with Gasteiger partial charge in [0.1, 0.15) is 12.5 Å². The van der Waals surface area contributed by atoms with Gasteiger partial charge in [-0.1, -0.05) is 72.8 Å². The Bertz CT molecular complexity index is 1350. The Morgan fingerprint density at radius 2 is 1.71 bits per heavy atom. The molecule has 2 aromatic carbocycles. The first-order valence-corrected chi connectivity index (χ1v) is 11.7. The zero-order chi connectivity index (χ0) is 24.2. The molecule has 6 rings (SSSR count). The van der Waals surface area contributed by atoms with E-state index in [2.05, 4.69) is 4.98 Å². The first kappa shape index (κ1) is 21.6. The molecule has 3 aliphatic rings. The van der Waals surface area contributed by atoms with Gasteiger partial charge in [-0.3, -0.25) is 19.3 Å². The predicted octanol–water partition coefficient (Wildman–Crippen LogP) is 3.94. The van der Waals surface area contributed by atoms with Gasteiger partial charge in [-0.05, 0) is 23.6 Å². The number of carbonyl (C=O) groups is 3. The summed E-state index contributed by atoms with van der Waals surface area (Å²) in [4.78, 5) is 48.3. The van der Waals surface area contributed by atoms with Crippen LogP contribution >= 0.6 is 0 Å². The summed E-state index contributed by atoms with van der Waals surface area (Å²) in [5, 5.41) is 0. The molecule has 1 aliphatic heterocycles. The van der Waals surface area contributed by atoms with E-state index in [4.69, 9.17) is 4.74 Å². The van der Waals surface area contributed by atoms with Gasteiger partial charge in [0.25, 0.3) is 0 Å². The minimum Gasteiger partial charge on any atom is -0.364 e. The largest absolute Gasteiger partial charge is 0.364 e. The summed E-state index contributed by atoms with van der Waals surface area (Å²) in [5.41, 5.74) is 0.790. The van der Waals surface area contributed by atoms with Crippen molar-refractivity contribution in [2.45, 2.75) is 11.3 Å². The Kier molecular flexibility index (Phi) is 5.00. The standard InChI is InChI=1S/C29H24N2O4/c1-35-17-31-27-21(13-8-16-30-27)29(28(31)34)24(18-9-4-2-5-10-18)23-20(14-15-22(23)32)25(29)26(33)19-11-6-3-7-12-19/h2-16,20,23-25H,17H2,1H3/t20-,23-,24-,25-,29+/m1/s1. The molecule has 0 N–H and O–H groups in total. The molecule has 0 bridgehead atoms. The number of fused-ring (bicyclic) bond motifs is 3. The molecule has 5 atom stereocenters. The van der Waals surface area contributed by atoms with Crippen molar-refractivity contribution < 1.29 is 19.1 Å². The highest BCUT2D eigenvalue weighted by Gasteiger charge is 2.72. The van der Waals surface area contributed by atoms with E-state index in [0.29, 0.717) is 16.9 Å². The highest BCUT2D eigenvalue weighted by molar-refractivity contribution is 6.15. The lowest BCUT2D eigenvalue weighted by molar-refractivity contribution is -0.126. The molecular weight excluding hydrogens is 440 g/mol. The number of amides is 1. The third-order valence-corrected chi connectivity index (χ3v) is 7.80. The molecule has 1 saturated carbocycles. The molecule has 35 heavy (non-hydrogen) atoms. The summed E-state index contributed by atoms with van der Waals surface area (Å²) in [6.45, 7) is 0.0114. The average molecular weight is 465 g/mol. The van der Waals surface area contributed by atoms with Crippen molar-refractivity contribution in [2.24, 2.45) is 17.8 Å². The summed E-state index contributed by atoms with van der Waals surface area (Å²) in [7, 11) is 1.53. The lowest BCUT2D eigenvalue weighted by Crippen LogP contribution is -2.50. The minimum absolute atomic E-state index is 0.0114. The second-order valence-electron chi connectivity index (χ2n) is 9.36. The van der Waals surface area contributed by atoms with Crippen LogP contribution in [0.3, 0.4) is 0 Å². The van der Waals surface area contributed by atoms with Crippen LogP contribution in [0.2, 0.25) is 0 Å². The quantitative estimate of drug-likeness (QED) is 0.535. The van der Waals surface area contributed by atoms with Gasteiger partial charge in [0, 0.05) is 42.2 Å². The van der Waals surface area contributed by atoms with Gasteiger partial charge >= 0.3 is 0 Å². The first-order chi connectivity index (χ1) is 17.1. The van der Waals surface area contributed by atoms with Gasteiger partial charge in [0.05, 0.1) is 5.41 Å². The number of methoxy groups -OCH3 is 1. The molecule has 1 amide bonds. The van der Waals surface area contributed by atoms with E-state index in [1.165, 1.54) is 12.0 Å². The molecule has 2 aliphatic carbocycles. The lowest BCUT2D eigenvalue weighted by atomic mass is 9.62. The number of ether oxygens (including phenoxy) is 1. The van der Waals surface area contributed by atoms with Gasteiger partial charge < -0.3 is 4.74 Å². The van der Waals surface area contributed by atoms with Crippen molar-refractivity contribution in [1.29, 1.82) is 0 Å². The highest BCUT2D eigenvalue weighted by Crippen LogP contribution is 2.66. The number of benzene rings is 2. The number of nitrogens with zero attached hydrogens (tertiary/aromatic N) is 2. The van der Waals surface area contributed by atoms with E-state index in [-0.39, 0.29) is 24.2 Å². The summed E-state index contributed by atoms with van der Waals surface area (Å²) in [6, 6.07) is 22.4. The van der Waals surface area contributed by atoms with Crippen LogP contribution < -0.4 is 4.90 Å². The Labute approximate surface area is 203 Å². The van der Waals surface area contributed by atoms with Crippen molar-refractivity contribution in [3.8, 4) is 0 Å². The van der Waals surface area contributed by atoms with Crippen LogP contribution in [0.1, 0.15) is 27.4 Å². The number of Topliss-reactive ketones (excluding diaryl/α,β-unsaturated/α-hetero) is 1. The number of rotatable bonds is 5. The number of ketones is 2. The Morgan fingerprint density at radius 1 is 1.00 bits per heavy atom. The molecule has 1 fully saturated rings. The molecule has 2 heterocycles. The number of hydrogen-bond donors (Lipinski definition) is 0. The van der Waals surface area contributed by atoms with Crippen molar-refractivity contribution in [3.05, 3.63) is 108 Å². The maximum absolute atomic E-state index is 14.6. The molecule has 1 aromatic heterocycles. The lowest BCUT2D eigenvalue weighted by Gasteiger charge is -2.36. The van der Waals surface area contributed by atoms with Crippen LogP contribution in [0.15, 0.2) is 91.1 Å². The highest BCUT2D eigenvalue weighted by atomic mass is 16.5. The molecular formula is C29H24N2O4. The molecule has 3 aromatic rings. The van der Waals surface area contributed by atoms with Crippen LogP contribution in [-0.2, 0) is 19.7 Å². The monoisotopic (exact) mass is 464 g/mol. The predicted molar refractivity (Wildman–Crippen MR) is 130 cm³/mol. The number of pyridine rings is 1. The SMILES string of the molecule is COCN1C(=O)[C@@]2(c3cccnc31)[C@H](c1ccccc1)[C@H]1C(=O)C=C[C@H]1[C@@H]2C(=O)c1ccccc1. The van der Waals surface area contributed by atoms with Crippen LogP contribution in [0.25, 0.3) is 0 Å². The Morgan fingerprint density at radius 3 is 2.43 bits per heavy atom. The summed E-state index contributed by atoms with van der Waals surface area (Å²) >= 11 is 0. The summed E-state index contributed by atoms with van der Waals surface area (Å²) in [5.74, 6) is -2.15. The second kappa shape index (κ2) is 8.10. The van der Waals surface area contributed by atoms with Crippen LogP contribution in [-0.4, -0.2) is 36.3 Å². The molecule has 0 radical (unpaired) electrons. The number of carbonyl (C=O) groups excluding carboxylic acids is 3. The summed E-state index contributed by atoms with van der Waals surface area (Å²) in [6.07, 6.45) is 5.06. The van der Waals surface area contributed by atoms with E-state index in [1.807, 2.05) is 60.7 Å². The molecule has 0 unspecified atom stereocenters. The zero-order valence-electron chi connectivity index (χ0n) is 19.2. The topological polar surface area (TPSA) is 76.6 Å². The molecule has 6 heteroatoms. The van der Waals surface area contributed by atoms with Gasteiger partial charge in [-0.2, -0.15) is 0 Å². The molecule has 0 saturated heterocycles. The van der Waals surface area contributed by atoms with Crippen molar-refractivity contribution in [1.82, 2.24) is 4.98 Å². The van der Waals surface area contributed by atoms with Gasteiger partial charge in [-0.25, -0.2) is 4.98 Å². The fraction of sp³-hybridized carbons (Fsp3) is 0.241. The van der Waals surface area contributed by atoms with E-state index in [0.717, 1.165) is 5.56 Å². The normalized spacial score (nSPS) is 28.5. The van der Waals surface area contributed by atoms with Crippen molar-refractivity contribution >= 4 is 23.3 Å². The zero-order valence-corrected chi connectivity index (χ0v) is 19.2. The van der Waals surface area contributed by atoms with E-state index in [1.54, 1.807) is 30.5 Å². The maximum Gasteiger partial charge on any atom is 0.242 e.